The maximum Gasteiger partial charge on any atom is 0.338 e. The summed E-state index contributed by atoms with van der Waals surface area (Å²) < 4.78 is 5.10. The van der Waals surface area contributed by atoms with Crippen molar-refractivity contribution in [3.8, 4) is 11.3 Å². The molecule has 1 heterocycles. The van der Waals surface area contributed by atoms with Gasteiger partial charge in [-0.15, -0.1) is 0 Å². The highest BCUT2D eigenvalue weighted by Gasteiger charge is 2.18. The lowest BCUT2D eigenvalue weighted by atomic mass is 9.84. The molecule has 20 heavy (non-hydrogen) atoms. The molecule has 0 bridgehead atoms. The van der Waals surface area contributed by atoms with Gasteiger partial charge in [0.2, 0.25) is 0 Å². The number of hydrogen-bond donors (Lipinski definition) is 1. The van der Waals surface area contributed by atoms with Crippen LogP contribution in [0.15, 0.2) is 30.7 Å². The number of ether oxygens (including phenoxy) is 1. The fourth-order valence-electron chi connectivity index (χ4n) is 1.96. The third kappa shape index (κ3) is 3.07. The molecule has 0 radical (unpaired) electrons. The summed E-state index contributed by atoms with van der Waals surface area (Å²) in [4.78, 5) is 19.1. The third-order valence-corrected chi connectivity index (χ3v) is 3.12. The minimum absolute atomic E-state index is 0.0444. The molecule has 0 amide bonds. The molecule has 0 aliphatic rings. The van der Waals surface area contributed by atoms with E-state index in [9.17, 15) is 4.79 Å². The Morgan fingerprint density at radius 1 is 1.30 bits per heavy atom. The largest absolute Gasteiger partial charge is 0.462 e. The van der Waals surface area contributed by atoms with Crippen molar-refractivity contribution in [2.75, 3.05) is 6.61 Å². The molecule has 106 valence electrons. The van der Waals surface area contributed by atoms with E-state index in [0.717, 1.165) is 16.8 Å². The van der Waals surface area contributed by atoms with E-state index in [4.69, 9.17) is 4.74 Å². The van der Waals surface area contributed by atoms with Crippen molar-refractivity contribution in [1.29, 1.82) is 0 Å². The number of rotatable bonds is 3. The summed E-state index contributed by atoms with van der Waals surface area (Å²) in [6, 6.07) is 5.81. The summed E-state index contributed by atoms with van der Waals surface area (Å²) in [5.41, 5.74) is 3.45. The van der Waals surface area contributed by atoms with Crippen molar-refractivity contribution in [2.45, 2.75) is 33.1 Å². The van der Waals surface area contributed by atoms with E-state index < -0.39 is 0 Å². The zero-order valence-electron chi connectivity index (χ0n) is 12.4. The SMILES string of the molecule is CCOC(=O)c1cc(-c2cnc[nH]2)cc(C(C)(C)C)c1. The van der Waals surface area contributed by atoms with Gasteiger partial charge < -0.3 is 9.72 Å². The minimum Gasteiger partial charge on any atom is -0.462 e. The lowest BCUT2D eigenvalue weighted by Gasteiger charge is -2.21. The van der Waals surface area contributed by atoms with Crippen molar-refractivity contribution >= 4 is 5.97 Å². The van der Waals surface area contributed by atoms with Crippen LogP contribution >= 0.6 is 0 Å². The molecule has 0 aliphatic carbocycles. The Bertz CT molecular complexity index is 595. The standard InChI is InChI=1S/C16H20N2O2/c1-5-20-15(19)12-6-11(14-9-17-10-18-14)7-13(8-12)16(2,3)4/h6-10H,5H2,1-4H3,(H,17,18). The highest BCUT2D eigenvalue weighted by atomic mass is 16.5. The van der Waals surface area contributed by atoms with Crippen LogP contribution in [0.25, 0.3) is 11.3 Å². The number of hydrogen-bond acceptors (Lipinski definition) is 3. The molecule has 0 fully saturated rings. The van der Waals surface area contributed by atoms with Gasteiger partial charge in [0.15, 0.2) is 0 Å². The van der Waals surface area contributed by atoms with Gasteiger partial charge in [-0.25, -0.2) is 9.78 Å². The lowest BCUT2D eigenvalue weighted by Crippen LogP contribution is -2.13. The van der Waals surface area contributed by atoms with Crippen LogP contribution in [0.2, 0.25) is 0 Å². The van der Waals surface area contributed by atoms with Crippen LogP contribution in [0, 0.1) is 0 Å². The molecule has 0 saturated heterocycles. The predicted molar refractivity (Wildman–Crippen MR) is 78.7 cm³/mol. The second-order valence-corrected chi connectivity index (χ2v) is 5.73. The number of H-pyrrole nitrogens is 1. The maximum atomic E-state index is 12.0. The molecule has 1 aromatic heterocycles. The van der Waals surface area contributed by atoms with Crippen molar-refractivity contribution < 1.29 is 9.53 Å². The summed E-state index contributed by atoms with van der Waals surface area (Å²) >= 11 is 0. The van der Waals surface area contributed by atoms with Gasteiger partial charge in [-0.3, -0.25) is 0 Å². The van der Waals surface area contributed by atoms with E-state index in [0.29, 0.717) is 12.2 Å². The van der Waals surface area contributed by atoms with Crippen LogP contribution in [0.3, 0.4) is 0 Å². The highest BCUT2D eigenvalue weighted by Crippen LogP contribution is 2.28. The van der Waals surface area contributed by atoms with Gasteiger partial charge in [-0.1, -0.05) is 20.8 Å². The number of nitrogens with one attached hydrogen (secondary N) is 1. The van der Waals surface area contributed by atoms with E-state index in [1.165, 1.54) is 0 Å². The Morgan fingerprint density at radius 2 is 2.05 bits per heavy atom. The number of aromatic nitrogens is 2. The molecule has 0 aliphatic heterocycles. The summed E-state index contributed by atoms with van der Waals surface area (Å²) in [7, 11) is 0. The van der Waals surface area contributed by atoms with Crippen molar-refractivity contribution in [3.05, 3.63) is 41.9 Å². The number of carbonyl (C=O) groups excluding carboxylic acids is 1. The molecule has 0 saturated carbocycles. The topological polar surface area (TPSA) is 55.0 Å². The van der Waals surface area contributed by atoms with Crippen LogP contribution in [0.1, 0.15) is 43.6 Å². The Hall–Kier alpha value is -2.10. The average Bonchev–Trinajstić information content (AvgIpc) is 2.91. The van der Waals surface area contributed by atoms with Crippen molar-refractivity contribution in [3.63, 3.8) is 0 Å². The zero-order valence-corrected chi connectivity index (χ0v) is 12.4. The predicted octanol–water partition coefficient (Wildman–Crippen LogP) is 3.55. The molecular formula is C16H20N2O2. The smallest absolute Gasteiger partial charge is 0.338 e. The first-order valence-electron chi connectivity index (χ1n) is 6.73. The van der Waals surface area contributed by atoms with Gasteiger partial charge in [0.1, 0.15) is 0 Å². The van der Waals surface area contributed by atoms with Gasteiger partial charge in [0, 0.05) is 5.56 Å². The van der Waals surface area contributed by atoms with Gasteiger partial charge in [-0.2, -0.15) is 0 Å². The number of carbonyl (C=O) groups is 1. The first-order chi connectivity index (χ1) is 9.41. The second kappa shape index (κ2) is 5.49. The highest BCUT2D eigenvalue weighted by molar-refractivity contribution is 5.91. The van der Waals surface area contributed by atoms with Crippen molar-refractivity contribution in [1.82, 2.24) is 9.97 Å². The van der Waals surface area contributed by atoms with Gasteiger partial charge in [0.25, 0.3) is 0 Å². The maximum absolute atomic E-state index is 12.0. The second-order valence-electron chi connectivity index (χ2n) is 5.73. The van der Waals surface area contributed by atoms with E-state index in [1.807, 2.05) is 12.1 Å². The van der Waals surface area contributed by atoms with Crippen LogP contribution < -0.4 is 0 Å². The molecule has 1 N–H and O–H groups in total. The van der Waals surface area contributed by atoms with E-state index >= 15 is 0 Å². The van der Waals surface area contributed by atoms with E-state index in [-0.39, 0.29) is 11.4 Å². The molecule has 4 heteroatoms. The number of imidazole rings is 1. The monoisotopic (exact) mass is 272 g/mol. The van der Waals surface area contributed by atoms with Gasteiger partial charge >= 0.3 is 5.97 Å². The first kappa shape index (κ1) is 14.3. The third-order valence-electron chi connectivity index (χ3n) is 3.12. The zero-order chi connectivity index (χ0) is 14.8. The molecule has 4 nitrogen and oxygen atoms in total. The van der Waals surface area contributed by atoms with Crippen LogP contribution in [-0.2, 0) is 10.2 Å². The minimum atomic E-state index is -0.292. The Morgan fingerprint density at radius 3 is 2.60 bits per heavy atom. The average molecular weight is 272 g/mol. The number of nitrogens with zero attached hydrogens (tertiary/aromatic N) is 1. The Balaban J connectivity index is 2.53. The fourth-order valence-corrected chi connectivity index (χ4v) is 1.96. The molecule has 2 rings (SSSR count). The summed E-state index contributed by atoms with van der Waals surface area (Å²) in [6.45, 7) is 8.54. The van der Waals surface area contributed by atoms with Crippen molar-refractivity contribution in [2.24, 2.45) is 0 Å². The molecular weight excluding hydrogens is 252 g/mol. The Labute approximate surface area is 119 Å². The molecule has 0 unspecified atom stereocenters. The van der Waals surface area contributed by atoms with Crippen LogP contribution in [0.5, 0.6) is 0 Å². The first-order valence-corrected chi connectivity index (χ1v) is 6.73. The van der Waals surface area contributed by atoms with E-state index in [1.54, 1.807) is 19.4 Å². The Kier molecular flexibility index (Phi) is 3.93. The fraction of sp³-hybridized carbons (Fsp3) is 0.375. The molecule has 2 aromatic rings. The molecule has 0 atom stereocenters. The normalized spacial score (nSPS) is 11.4. The molecule has 1 aromatic carbocycles. The van der Waals surface area contributed by atoms with Crippen LogP contribution in [0.4, 0.5) is 0 Å². The van der Waals surface area contributed by atoms with Gasteiger partial charge in [-0.05, 0) is 36.1 Å². The number of benzene rings is 1. The number of aromatic amines is 1. The van der Waals surface area contributed by atoms with Crippen LogP contribution in [-0.4, -0.2) is 22.5 Å². The summed E-state index contributed by atoms with van der Waals surface area (Å²) in [5, 5.41) is 0. The number of esters is 1. The molecule has 0 spiro atoms. The summed E-state index contributed by atoms with van der Waals surface area (Å²) in [6.07, 6.45) is 3.37. The van der Waals surface area contributed by atoms with E-state index in [2.05, 4.69) is 36.8 Å². The summed E-state index contributed by atoms with van der Waals surface area (Å²) in [5.74, 6) is -0.292. The quantitative estimate of drug-likeness (QED) is 0.869. The van der Waals surface area contributed by atoms with Gasteiger partial charge in [0.05, 0.1) is 30.4 Å². The lowest BCUT2D eigenvalue weighted by molar-refractivity contribution is 0.0526.